The Labute approximate surface area is 121 Å². The van der Waals surface area contributed by atoms with Crippen molar-refractivity contribution in [3.8, 4) is 0 Å². The molecule has 1 fully saturated rings. The third kappa shape index (κ3) is 3.62. The van der Waals surface area contributed by atoms with E-state index in [9.17, 15) is 17.6 Å². The van der Waals surface area contributed by atoms with Crippen molar-refractivity contribution in [2.45, 2.75) is 19.1 Å². The molecule has 0 bridgehead atoms. The van der Waals surface area contributed by atoms with Crippen molar-refractivity contribution in [3.63, 3.8) is 0 Å². The molecule has 0 amide bonds. The molecular weight excluding hydrogens is 296 g/mol. The molecule has 0 unspecified atom stereocenters. The summed E-state index contributed by atoms with van der Waals surface area (Å²) in [6.07, 6.45) is -4.41. The summed E-state index contributed by atoms with van der Waals surface area (Å²) >= 11 is 0. The number of nitrogens with one attached hydrogen (secondary N) is 1. The van der Waals surface area contributed by atoms with Crippen LogP contribution in [-0.4, -0.2) is 37.3 Å². The SMILES string of the molecule is Cc1c(F)cccc1[C@@H](N1CCNCC1)C(F)(F)F.Cl. The van der Waals surface area contributed by atoms with Crippen LogP contribution >= 0.6 is 12.4 Å². The first kappa shape index (κ1) is 17.2. The van der Waals surface area contributed by atoms with Crippen molar-refractivity contribution in [2.75, 3.05) is 26.2 Å². The Morgan fingerprint density at radius 1 is 1.20 bits per heavy atom. The maximum atomic E-state index is 13.5. The van der Waals surface area contributed by atoms with Crippen LogP contribution in [0.2, 0.25) is 0 Å². The van der Waals surface area contributed by atoms with Gasteiger partial charge in [-0.1, -0.05) is 12.1 Å². The van der Waals surface area contributed by atoms with E-state index in [2.05, 4.69) is 5.32 Å². The van der Waals surface area contributed by atoms with Crippen molar-refractivity contribution in [3.05, 3.63) is 35.1 Å². The Morgan fingerprint density at radius 2 is 1.80 bits per heavy atom. The van der Waals surface area contributed by atoms with Gasteiger partial charge >= 0.3 is 6.18 Å². The van der Waals surface area contributed by atoms with E-state index in [4.69, 9.17) is 0 Å². The standard InChI is InChI=1S/C13H16F4N2.ClH/c1-9-10(3-2-4-11(9)14)12(13(15,16)17)19-7-5-18-6-8-19;/h2-4,12,18H,5-8H2,1H3;1H/t12-;/m1./s1. The van der Waals surface area contributed by atoms with E-state index in [1.54, 1.807) is 0 Å². The summed E-state index contributed by atoms with van der Waals surface area (Å²) in [4.78, 5) is 1.36. The maximum Gasteiger partial charge on any atom is 0.408 e. The zero-order valence-electron chi connectivity index (χ0n) is 11.0. The van der Waals surface area contributed by atoms with Gasteiger partial charge in [-0.05, 0) is 24.1 Å². The first-order chi connectivity index (χ1) is 8.91. The van der Waals surface area contributed by atoms with Crippen LogP contribution in [0.1, 0.15) is 17.2 Å². The molecule has 0 aromatic heterocycles. The Bertz CT molecular complexity index is 444. The fraction of sp³-hybridized carbons (Fsp3) is 0.538. The van der Waals surface area contributed by atoms with Crippen LogP contribution in [0.15, 0.2) is 18.2 Å². The van der Waals surface area contributed by atoms with Crippen LogP contribution in [-0.2, 0) is 0 Å². The lowest BCUT2D eigenvalue weighted by molar-refractivity contribution is -0.188. The first-order valence-electron chi connectivity index (χ1n) is 6.18. The number of hydrogen-bond donors (Lipinski definition) is 1. The van der Waals surface area contributed by atoms with Gasteiger partial charge in [-0.2, -0.15) is 13.2 Å². The normalized spacial score (nSPS) is 18.4. The average molecular weight is 313 g/mol. The zero-order valence-corrected chi connectivity index (χ0v) is 11.8. The molecular formula is C13H17ClF4N2. The van der Waals surface area contributed by atoms with E-state index in [1.165, 1.54) is 30.0 Å². The van der Waals surface area contributed by atoms with Gasteiger partial charge in [-0.3, -0.25) is 4.90 Å². The van der Waals surface area contributed by atoms with Gasteiger partial charge in [0.2, 0.25) is 0 Å². The lowest BCUT2D eigenvalue weighted by atomic mass is 9.98. The third-order valence-corrected chi connectivity index (χ3v) is 3.43. The minimum atomic E-state index is -4.41. The van der Waals surface area contributed by atoms with Gasteiger partial charge in [0, 0.05) is 26.2 Å². The molecule has 1 heterocycles. The highest BCUT2D eigenvalue weighted by Crippen LogP contribution is 2.39. The summed E-state index contributed by atoms with van der Waals surface area (Å²) in [5, 5.41) is 3.02. The van der Waals surface area contributed by atoms with Crippen molar-refractivity contribution < 1.29 is 17.6 Å². The van der Waals surface area contributed by atoms with Crippen molar-refractivity contribution in [1.29, 1.82) is 0 Å². The molecule has 1 atom stereocenters. The molecule has 20 heavy (non-hydrogen) atoms. The molecule has 1 aromatic rings. The van der Waals surface area contributed by atoms with Crippen LogP contribution in [0, 0.1) is 12.7 Å². The number of piperazine rings is 1. The van der Waals surface area contributed by atoms with E-state index in [1.807, 2.05) is 0 Å². The third-order valence-electron chi connectivity index (χ3n) is 3.43. The minimum Gasteiger partial charge on any atom is -0.314 e. The van der Waals surface area contributed by atoms with Crippen LogP contribution < -0.4 is 5.32 Å². The highest BCUT2D eigenvalue weighted by atomic mass is 35.5. The second kappa shape index (κ2) is 6.74. The van der Waals surface area contributed by atoms with Gasteiger partial charge < -0.3 is 5.32 Å². The molecule has 1 aliphatic rings. The monoisotopic (exact) mass is 312 g/mol. The number of nitrogens with zero attached hydrogens (tertiary/aromatic N) is 1. The number of alkyl halides is 3. The topological polar surface area (TPSA) is 15.3 Å². The summed E-state index contributed by atoms with van der Waals surface area (Å²) in [6, 6.07) is 2.15. The van der Waals surface area contributed by atoms with Gasteiger partial charge in [-0.25, -0.2) is 4.39 Å². The van der Waals surface area contributed by atoms with Gasteiger partial charge in [0.1, 0.15) is 11.9 Å². The van der Waals surface area contributed by atoms with E-state index in [0.29, 0.717) is 26.2 Å². The van der Waals surface area contributed by atoms with Crippen molar-refractivity contribution in [2.24, 2.45) is 0 Å². The Hall–Kier alpha value is -0.850. The molecule has 0 spiro atoms. The fourth-order valence-electron chi connectivity index (χ4n) is 2.44. The average Bonchev–Trinajstić information content (AvgIpc) is 2.35. The van der Waals surface area contributed by atoms with E-state index in [-0.39, 0.29) is 23.5 Å². The number of rotatable bonds is 2. The van der Waals surface area contributed by atoms with Crippen molar-refractivity contribution >= 4 is 12.4 Å². The molecule has 1 aromatic carbocycles. The predicted octanol–water partition coefficient (Wildman–Crippen LogP) is 3.06. The highest BCUT2D eigenvalue weighted by molar-refractivity contribution is 5.85. The molecule has 7 heteroatoms. The number of hydrogen-bond acceptors (Lipinski definition) is 2. The van der Waals surface area contributed by atoms with Gasteiger partial charge in [0.05, 0.1) is 0 Å². The summed E-state index contributed by atoms with van der Waals surface area (Å²) < 4.78 is 53.4. The Balaban J connectivity index is 0.00000200. The van der Waals surface area contributed by atoms with E-state index < -0.39 is 18.0 Å². The zero-order chi connectivity index (χ0) is 14.0. The van der Waals surface area contributed by atoms with Gasteiger partial charge in [-0.15, -0.1) is 12.4 Å². The molecule has 0 saturated carbocycles. The van der Waals surface area contributed by atoms with Crippen LogP contribution in [0.5, 0.6) is 0 Å². The summed E-state index contributed by atoms with van der Waals surface area (Å²) in [5.41, 5.74) is 0.0813. The van der Waals surface area contributed by atoms with Gasteiger partial charge in [0.25, 0.3) is 0 Å². The van der Waals surface area contributed by atoms with Crippen LogP contribution in [0.25, 0.3) is 0 Å². The molecule has 1 saturated heterocycles. The summed E-state index contributed by atoms with van der Waals surface area (Å²) in [5.74, 6) is -0.595. The van der Waals surface area contributed by atoms with Crippen LogP contribution in [0.3, 0.4) is 0 Å². The first-order valence-corrected chi connectivity index (χ1v) is 6.18. The molecule has 2 rings (SSSR count). The smallest absolute Gasteiger partial charge is 0.314 e. The Morgan fingerprint density at radius 3 is 2.35 bits per heavy atom. The van der Waals surface area contributed by atoms with E-state index in [0.717, 1.165) is 0 Å². The lowest BCUT2D eigenvalue weighted by Gasteiger charge is -2.36. The summed E-state index contributed by atoms with van der Waals surface area (Å²) in [6.45, 7) is 3.04. The molecule has 0 radical (unpaired) electrons. The van der Waals surface area contributed by atoms with Crippen molar-refractivity contribution in [1.82, 2.24) is 10.2 Å². The van der Waals surface area contributed by atoms with Crippen LogP contribution in [0.4, 0.5) is 17.6 Å². The molecule has 1 aliphatic heterocycles. The largest absolute Gasteiger partial charge is 0.408 e. The number of halogens is 5. The highest BCUT2D eigenvalue weighted by Gasteiger charge is 2.45. The number of benzene rings is 1. The Kier molecular flexibility index (Phi) is 5.79. The maximum absolute atomic E-state index is 13.5. The fourth-order valence-corrected chi connectivity index (χ4v) is 2.44. The minimum absolute atomic E-state index is 0. The molecule has 1 N–H and O–H groups in total. The second-order valence-corrected chi connectivity index (χ2v) is 4.68. The predicted molar refractivity (Wildman–Crippen MR) is 71.6 cm³/mol. The second-order valence-electron chi connectivity index (χ2n) is 4.68. The molecule has 2 nitrogen and oxygen atoms in total. The molecule has 0 aliphatic carbocycles. The summed E-state index contributed by atoms with van der Waals surface area (Å²) in [7, 11) is 0. The lowest BCUT2D eigenvalue weighted by Crippen LogP contribution is -2.49. The van der Waals surface area contributed by atoms with Gasteiger partial charge in [0.15, 0.2) is 0 Å². The quantitative estimate of drug-likeness (QED) is 0.844. The molecule has 114 valence electrons. The van der Waals surface area contributed by atoms with E-state index >= 15 is 0 Å².